The number of hydrogen-bond acceptors (Lipinski definition) is 4. The standard InChI is InChI=1S/C22H23NO3/c1-3-18(26-22-11-7-8-14-23-22)16-24-21-13-12-20(15-17(21)2)25-19-9-5-4-6-10-19/h4-15,18H,3,16H2,1-2H3. The maximum Gasteiger partial charge on any atom is 0.213 e. The topological polar surface area (TPSA) is 40.6 Å². The lowest BCUT2D eigenvalue weighted by Crippen LogP contribution is -2.24. The van der Waals surface area contributed by atoms with Crippen molar-refractivity contribution in [2.45, 2.75) is 26.4 Å². The Kier molecular flexibility index (Phi) is 6.09. The summed E-state index contributed by atoms with van der Waals surface area (Å²) in [4.78, 5) is 4.20. The van der Waals surface area contributed by atoms with E-state index in [4.69, 9.17) is 14.2 Å². The van der Waals surface area contributed by atoms with Crippen LogP contribution in [-0.2, 0) is 0 Å². The number of aromatic nitrogens is 1. The van der Waals surface area contributed by atoms with E-state index in [-0.39, 0.29) is 6.10 Å². The van der Waals surface area contributed by atoms with Gasteiger partial charge in [-0.2, -0.15) is 0 Å². The molecule has 26 heavy (non-hydrogen) atoms. The number of pyridine rings is 1. The first-order valence-electron chi connectivity index (χ1n) is 8.78. The summed E-state index contributed by atoms with van der Waals surface area (Å²) < 4.78 is 17.7. The van der Waals surface area contributed by atoms with Gasteiger partial charge >= 0.3 is 0 Å². The zero-order valence-electron chi connectivity index (χ0n) is 15.1. The van der Waals surface area contributed by atoms with Crippen molar-refractivity contribution in [3.63, 3.8) is 0 Å². The summed E-state index contributed by atoms with van der Waals surface area (Å²) in [5.74, 6) is 3.05. The number of hydrogen-bond donors (Lipinski definition) is 0. The number of para-hydroxylation sites is 1. The van der Waals surface area contributed by atoms with Crippen LogP contribution in [0, 0.1) is 6.92 Å². The van der Waals surface area contributed by atoms with Gasteiger partial charge in [0.25, 0.3) is 0 Å². The second-order valence-electron chi connectivity index (χ2n) is 5.97. The molecule has 0 aliphatic heterocycles. The molecule has 1 aromatic heterocycles. The van der Waals surface area contributed by atoms with Crippen molar-refractivity contribution in [1.82, 2.24) is 4.98 Å². The fourth-order valence-corrected chi connectivity index (χ4v) is 2.48. The Morgan fingerprint density at radius 1 is 0.923 bits per heavy atom. The van der Waals surface area contributed by atoms with Crippen molar-refractivity contribution in [2.24, 2.45) is 0 Å². The molecule has 4 nitrogen and oxygen atoms in total. The number of benzene rings is 2. The van der Waals surface area contributed by atoms with Crippen LogP contribution in [0.25, 0.3) is 0 Å². The van der Waals surface area contributed by atoms with Crippen LogP contribution in [0.5, 0.6) is 23.1 Å². The second kappa shape index (κ2) is 8.90. The number of ether oxygens (including phenoxy) is 3. The molecule has 0 aliphatic rings. The zero-order valence-corrected chi connectivity index (χ0v) is 15.1. The Bertz CT molecular complexity index is 806. The lowest BCUT2D eigenvalue weighted by atomic mass is 10.2. The zero-order chi connectivity index (χ0) is 18.2. The van der Waals surface area contributed by atoms with Gasteiger partial charge in [0.05, 0.1) is 0 Å². The lowest BCUT2D eigenvalue weighted by Gasteiger charge is -2.18. The Hall–Kier alpha value is -3.01. The molecule has 0 fully saturated rings. The van der Waals surface area contributed by atoms with Crippen molar-refractivity contribution in [3.8, 4) is 23.1 Å². The molecule has 4 heteroatoms. The molecule has 0 saturated carbocycles. The first-order chi connectivity index (χ1) is 12.7. The van der Waals surface area contributed by atoms with Crippen molar-refractivity contribution >= 4 is 0 Å². The van der Waals surface area contributed by atoms with Crippen LogP contribution < -0.4 is 14.2 Å². The molecule has 0 spiro atoms. The minimum Gasteiger partial charge on any atom is -0.489 e. The van der Waals surface area contributed by atoms with E-state index in [9.17, 15) is 0 Å². The number of aryl methyl sites for hydroxylation is 1. The van der Waals surface area contributed by atoms with Crippen molar-refractivity contribution in [2.75, 3.05) is 6.61 Å². The number of nitrogens with zero attached hydrogens (tertiary/aromatic N) is 1. The molecule has 0 amide bonds. The van der Waals surface area contributed by atoms with Gasteiger partial charge in [-0.05, 0) is 55.3 Å². The smallest absolute Gasteiger partial charge is 0.213 e. The van der Waals surface area contributed by atoms with Crippen LogP contribution in [0.2, 0.25) is 0 Å². The summed E-state index contributed by atoms with van der Waals surface area (Å²) in [7, 11) is 0. The van der Waals surface area contributed by atoms with Gasteiger partial charge in [-0.25, -0.2) is 4.98 Å². The first kappa shape index (κ1) is 17.8. The number of rotatable bonds is 8. The molecule has 134 valence electrons. The third kappa shape index (κ3) is 4.99. The van der Waals surface area contributed by atoms with Gasteiger partial charge in [-0.3, -0.25) is 0 Å². The van der Waals surface area contributed by atoms with Crippen molar-refractivity contribution in [3.05, 3.63) is 78.5 Å². The average Bonchev–Trinajstić information content (AvgIpc) is 2.68. The molecule has 1 heterocycles. The summed E-state index contributed by atoms with van der Waals surface area (Å²) in [5.41, 5.74) is 1.02. The van der Waals surface area contributed by atoms with E-state index < -0.39 is 0 Å². The third-order valence-corrected chi connectivity index (χ3v) is 3.93. The molecule has 0 saturated heterocycles. The SMILES string of the molecule is CCC(COc1ccc(Oc2ccccc2)cc1C)Oc1ccccn1. The lowest BCUT2D eigenvalue weighted by molar-refractivity contribution is 0.120. The summed E-state index contributed by atoms with van der Waals surface area (Å²) in [6.45, 7) is 4.54. The van der Waals surface area contributed by atoms with Crippen molar-refractivity contribution in [1.29, 1.82) is 0 Å². The molecule has 1 atom stereocenters. The molecular weight excluding hydrogens is 326 g/mol. The molecule has 1 unspecified atom stereocenters. The van der Waals surface area contributed by atoms with Gasteiger partial charge < -0.3 is 14.2 Å². The van der Waals surface area contributed by atoms with Crippen LogP contribution in [0.1, 0.15) is 18.9 Å². The minimum absolute atomic E-state index is 0.0513. The van der Waals surface area contributed by atoms with E-state index in [2.05, 4.69) is 11.9 Å². The Morgan fingerprint density at radius 3 is 2.42 bits per heavy atom. The fraction of sp³-hybridized carbons (Fsp3) is 0.227. The van der Waals surface area contributed by atoms with Gasteiger partial charge in [0.1, 0.15) is 30.0 Å². The van der Waals surface area contributed by atoms with Crippen LogP contribution >= 0.6 is 0 Å². The predicted octanol–water partition coefficient (Wildman–Crippen LogP) is 5.42. The predicted molar refractivity (Wildman–Crippen MR) is 102 cm³/mol. The highest BCUT2D eigenvalue weighted by Crippen LogP contribution is 2.27. The molecular formula is C22H23NO3. The van der Waals surface area contributed by atoms with E-state index in [1.165, 1.54) is 0 Å². The normalized spacial score (nSPS) is 11.6. The van der Waals surface area contributed by atoms with E-state index in [0.29, 0.717) is 12.5 Å². The quantitative estimate of drug-likeness (QED) is 0.544. The van der Waals surface area contributed by atoms with Crippen LogP contribution in [0.4, 0.5) is 0 Å². The molecule has 3 rings (SSSR count). The molecule has 0 bridgehead atoms. The summed E-state index contributed by atoms with van der Waals surface area (Å²) in [6.07, 6.45) is 2.51. The van der Waals surface area contributed by atoms with Gasteiger partial charge in [-0.15, -0.1) is 0 Å². The summed E-state index contributed by atoms with van der Waals surface area (Å²) >= 11 is 0. The maximum atomic E-state index is 5.96. The van der Waals surface area contributed by atoms with Crippen LogP contribution in [-0.4, -0.2) is 17.7 Å². The molecule has 0 radical (unpaired) electrons. The van der Waals surface area contributed by atoms with E-state index >= 15 is 0 Å². The third-order valence-electron chi connectivity index (χ3n) is 3.93. The first-order valence-corrected chi connectivity index (χ1v) is 8.78. The second-order valence-corrected chi connectivity index (χ2v) is 5.97. The maximum absolute atomic E-state index is 5.96. The molecule has 0 aliphatic carbocycles. The Labute approximate surface area is 154 Å². The van der Waals surface area contributed by atoms with E-state index in [1.54, 1.807) is 6.20 Å². The van der Waals surface area contributed by atoms with Crippen molar-refractivity contribution < 1.29 is 14.2 Å². The van der Waals surface area contributed by atoms with Gasteiger partial charge in [0, 0.05) is 12.3 Å². The van der Waals surface area contributed by atoms with E-state index in [0.717, 1.165) is 29.2 Å². The monoisotopic (exact) mass is 349 g/mol. The Morgan fingerprint density at radius 2 is 1.73 bits per heavy atom. The highest BCUT2D eigenvalue weighted by Gasteiger charge is 2.11. The molecule has 0 N–H and O–H groups in total. The fourth-order valence-electron chi connectivity index (χ4n) is 2.48. The molecule has 2 aromatic carbocycles. The van der Waals surface area contributed by atoms with Crippen LogP contribution in [0.3, 0.4) is 0 Å². The highest BCUT2D eigenvalue weighted by molar-refractivity contribution is 5.41. The summed E-state index contributed by atoms with van der Waals surface area (Å²) in [5, 5.41) is 0. The minimum atomic E-state index is -0.0513. The summed E-state index contributed by atoms with van der Waals surface area (Å²) in [6, 6.07) is 21.2. The largest absolute Gasteiger partial charge is 0.489 e. The van der Waals surface area contributed by atoms with Gasteiger partial charge in [0.2, 0.25) is 5.88 Å². The highest BCUT2D eigenvalue weighted by atomic mass is 16.5. The average molecular weight is 349 g/mol. The van der Waals surface area contributed by atoms with Crippen LogP contribution in [0.15, 0.2) is 72.9 Å². The van der Waals surface area contributed by atoms with Gasteiger partial charge in [0.15, 0.2) is 0 Å². The molecule has 3 aromatic rings. The van der Waals surface area contributed by atoms with Gasteiger partial charge in [-0.1, -0.05) is 31.2 Å². The Balaban J connectivity index is 1.59. The van der Waals surface area contributed by atoms with E-state index in [1.807, 2.05) is 73.7 Å².